The number of nitrogens with zero attached hydrogens (tertiary/aromatic N) is 2. The minimum atomic E-state index is -1.52. The Bertz CT molecular complexity index is 586. The molecule has 0 radical (unpaired) electrons. The Kier molecular flexibility index (Phi) is 4.36. The molecular formula is C13H15FN2O4S. The Balaban J connectivity index is 2.49. The number of halogens is 1. The number of carboxylic acid groups (broad SMARTS) is 1. The molecule has 1 aromatic carbocycles. The molecule has 1 aromatic rings. The molecule has 2 unspecified atom stereocenters. The van der Waals surface area contributed by atoms with Crippen molar-refractivity contribution in [1.82, 2.24) is 0 Å². The summed E-state index contributed by atoms with van der Waals surface area (Å²) in [6, 6.07) is 1.75. The number of thioether (sulfide) groups is 1. The highest BCUT2D eigenvalue weighted by Gasteiger charge is 2.29. The van der Waals surface area contributed by atoms with Crippen LogP contribution in [0.3, 0.4) is 0 Å². The maximum atomic E-state index is 13.9. The lowest BCUT2D eigenvalue weighted by Gasteiger charge is -2.35. The van der Waals surface area contributed by atoms with Gasteiger partial charge < -0.3 is 10.0 Å². The van der Waals surface area contributed by atoms with Crippen molar-refractivity contribution in [1.29, 1.82) is 0 Å². The first-order valence-corrected chi connectivity index (χ1v) is 7.35. The van der Waals surface area contributed by atoms with Crippen molar-refractivity contribution in [2.24, 2.45) is 0 Å². The van der Waals surface area contributed by atoms with Crippen LogP contribution in [0, 0.1) is 15.9 Å². The van der Waals surface area contributed by atoms with Crippen LogP contribution in [0.4, 0.5) is 15.8 Å². The summed E-state index contributed by atoms with van der Waals surface area (Å²) < 4.78 is 13.9. The van der Waals surface area contributed by atoms with Gasteiger partial charge in [0.2, 0.25) is 0 Å². The van der Waals surface area contributed by atoms with Crippen LogP contribution < -0.4 is 4.90 Å². The molecular weight excluding hydrogens is 299 g/mol. The second-order valence-electron chi connectivity index (χ2n) is 5.05. The summed E-state index contributed by atoms with van der Waals surface area (Å²) in [5.41, 5.74) is -0.917. The van der Waals surface area contributed by atoms with Crippen molar-refractivity contribution in [3.63, 3.8) is 0 Å². The first kappa shape index (κ1) is 15.6. The number of benzene rings is 1. The molecule has 1 aliphatic heterocycles. The van der Waals surface area contributed by atoms with E-state index >= 15 is 0 Å². The summed E-state index contributed by atoms with van der Waals surface area (Å²) >= 11 is 1.77. The van der Waals surface area contributed by atoms with Crippen LogP contribution in [0.15, 0.2) is 12.1 Å². The average Bonchev–Trinajstić information content (AvgIpc) is 2.36. The smallest absolute Gasteiger partial charge is 0.338 e. The summed E-state index contributed by atoms with van der Waals surface area (Å²) in [6.45, 7) is 5.12. The molecule has 0 amide bonds. The van der Waals surface area contributed by atoms with Gasteiger partial charge >= 0.3 is 5.97 Å². The Morgan fingerprint density at radius 2 is 2.00 bits per heavy atom. The monoisotopic (exact) mass is 314 g/mol. The highest BCUT2D eigenvalue weighted by atomic mass is 32.2. The van der Waals surface area contributed by atoms with Gasteiger partial charge in [0.15, 0.2) is 0 Å². The number of carbonyl (C=O) groups is 1. The van der Waals surface area contributed by atoms with Crippen LogP contribution in [0.2, 0.25) is 0 Å². The summed E-state index contributed by atoms with van der Waals surface area (Å²) in [4.78, 5) is 23.2. The lowest BCUT2D eigenvalue weighted by atomic mass is 10.1. The first-order valence-electron chi connectivity index (χ1n) is 6.41. The second-order valence-corrected chi connectivity index (χ2v) is 6.93. The first-order chi connectivity index (χ1) is 9.79. The summed E-state index contributed by atoms with van der Waals surface area (Å²) in [7, 11) is 0. The van der Waals surface area contributed by atoms with E-state index in [1.807, 2.05) is 13.8 Å². The fraction of sp³-hybridized carbons (Fsp3) is 0.462. The zero-order valence-corrected chi connectivity index (χ0v) is 12.4. The quantitative estimate of drug-likeness (QED) is 0.682. The molecule has 6 nitrogen and oxygen atoms in total. The van der Waals surface area contributed by atoms with Gasteiger partial charge in [-0.3, -0.25) is 10.1 Å². The third-order valence-electron chi connectivity index (χ3n) is 3.25. The van der Waals surface area contributed by atoms with Crippen molar-refractivity contribution in [3.05, 3.63) is 33.6 Å². The lowest BCUT2D eigenvalue weighted by molar-refractivity contribution is -0.384. The molecule has 21 heavy (non-hydrogen) atoms. The van der Waals surface area contributed by atoms with Gasteiger partial charge in [0, 0.05) is 35.7 Å². The van der Waals surface area contributed by atoms with E-state index in [0.29, 0.717) is 13.1 Å². The number of rotatable bonds is 3. The van der Waals surface area contributed by atoms with E-state index in [1.165, 1.54) is 0 Å². The number of nitro benzene ring substituents is 1. The van der Waals surface area contributed by atoms with E-state index < -0.39 is 22.3 Å². The number of aromatic carboxylic acids is 1. The molecule has 8 heteroatoms. The highest BCUT2D eigenvalue weighted by molar-refractivity contribution is 8.00. The van der Waals surface area contributed by atoms with Crippen molar-refractivity contribution < 1.29 is 19.2 Å². The van der Waals surface area contributed by atoms with E-state index in [-0.39, 0.29) is 21.9 Å². The molecule has 0 spiro atoms. The molecule has 2 rings (SSSR count). The summed E-state index contributed by atoms with van der Waals surface area (Å²) in [5, 5.41) is 20.6. The van der Waals surface area contributed by atoms with E-state index in [0.717, 1.165) is 12.1 Å². The SMILES string of the molecule is CC1CN(c2cc(F)c(C(=O)O)cc2[N+](=O)[O-])CC(C)S1. The Labute approximate surface area is 125 Å². The standard InChI is InChI=1S/C13H15FN2O4S/c1-7-5-15(6-8(2)21-7)11-4-10(14)9(13(17)18)3-12(11)16(19)20/h3-4,7-8H,5-6H2,1-2H3,(H,17,18). The van der Waals surface area contributed by atoms with Crippen LogP contribution >= 0.6 is 11.8 Å². The molecule has 1 fully saturated rings. The summed E-state index contributed by atoms with van der Waals surface area (Å²) in [6.07, 6.45) is 0. The summed E-state index contributed by atoms with van der Waals surface area (Å²) in [5.74, 6) is -2.47. The zero-order valence-electron chi connectivity index (χ0n) is 11.6. The number of hydrogen-bond acceptors (Lipinski definition) is 5. The molecule has 0 aliphatic carbocycles. The van der Waals surface area contributed by atoms with Gasteiger partial charge in [-0.1, -0.05) is 13.8 Å². The topological polar surface area (TPSA) is 83.7 Å². The second kappa shape index (κ2) is 5.88. The van der Waals surface area contributed by atoms with Gasteiger partial charge in [-0.15, -0.1) is 0 Å². The molecule has 1 heterocycles. The molecule has 1 saturated heterocycles. The van der Waals surface area contributed by atoms with Crippen molar-refractivity contribution in [2.45, 2.75) is 24.3 Å². The van der Waals surface area contributed by atoms with Gasteiger partial charge in [-0.25, -0.2) is 9.18 Å². The maximum absolute atomic E-state index is 13.9. The fourth-order valence-corrected chi connectivity index (χ4v) is 3.81. The van der Waals surface area contributed by atoms with Gasteiger partial charge in [0.1, 0.15) is 17.1 Å². The third kappa shape index (κ3) is 3.26. The van der Waals surface area contributed by atoms with Crippen molar-refractivity contribution in [3.8, 4) is 0 Å². The van der Waals surface area contributed by atoms with Gasteiger partial charge in [0.25, 0.3) is 5.69 Å². The van der Waals surface area contributed by atoms with Crippen LogP contribution in [0.25, 0.3) is 0 Å². The molecule has 1 N–H and O–H groups in total. The normalized spacial score (nSPS) is 22.1. The van der Waals surface area contributed by atoms with Gasteiger partial charge in [-0.05, 0) is 0 Å². The fourth-order valence-electron chi connectivity index (χ4n) is 2.49. The van der Waals surface area contributed by atoms with E-state index in [2.05, 4.69) is 0 Å². The Morgan fingerprint density at radius 3 is 2.48 bits per heavy atom. The molecule has 1 aliphatic rings. The maximum Gasteiger partial charge on any atom is 0.338 e. The van der Waals surface area contributed by atoms with Crippen LogP contribution in [-0.2, 0) is 0 Å². The molecule has 0 aromatic heterocycles. The van der Waals surface area contributed by atoms with Crippen LogP contribution in [0.1, 0.15) is 24.2 Å². The minimum absolute atomic E-state index is 0.140. The molecule has 0 saturated carbocycles. The molecule has 2 atom stereocenters. The molecule has 0 bridgehead atoms. The Hall–Kier alpha value is -1.83. The zero-order chi connectivity index (χ0) is 15.7. The van der Waals surface area contributed by atoms with Gasteiger partial charge in [-0.2, -0.15) is 11.8 Å². The minimum Gasteiger partial charge on any atom is -0.478 e. The number of carboxylic acids is 1. The van der Waals surface area contributed by atoms with E-state index in [1.54, 1.807) is 16.7 Å². The van der Waals surface area contributed by atoms with Crippen LogP contribution in [0.5, 0.6) is 0 Å². The number of nitro groups is 1. The average molecular weight is 314 g/mol. The van der Waals surface area contributed by atoms with Crippen LogP contribution in [-0.4, -0.2) is 39.6 Å². The van der Waals surface area contributed by atoms with E-state index in [9.17, 15) is 19.3 Å². The highest BCUT2D eigenvalue weighted by Crippen LogP contribution is 2.35. The largest absolute Gasteiger partial charge is 0.478 e. The van der Waals surface area contributed by atoms with E-state index in [4.69, 9.17) is 5.11 Å². The predicted molar refractivity (Wildman–Crippen MR) is 78.7 cm³/mol. The lowest BCUT2D eigenvalue weighted by Crippen LogP contribution is -2.40. The molecule has 114 valence electrons. The van der Waals surface area contributed by atoms with Crippen molar-refractivity contribution in [2.75, 3.05) is 18.0 Å². The number of anilines is 1. The van der Waals surface area contributed by atoms with Crippen molar-refractivity contribution >= 4 is 29.1 Å². The Morgan fingerprint density at radius 1 is 1.43 bits per heavy atom. The third-order valence-corrected chi connectivity index (χ3v) is 4.48. The predicted octanol–water partition coefficient (Wildman–Crippen LogP) is 2.76. The van der Waals surface area contributed by atoms with Gasteiger partial charge in [0.05, 0.1) is 4.92 Å². The number of hydrogen-bond donors (Lipinski definition) is 1.